The van der Waals surface area contributed by atoms with Gasteiger partial charge < -0.3 is 20.7 Å². The van der Waals surface area contributed by atoms with E-state index in [1.165, 1.54) is 0 Å². The van der Waals surface area contributed by atoms with Gasteiger partial charge in [-0.1, -0.05) is 0 Å². The largest absolute Gasteiger partial charge is 0.444 e. The van der Waals surface area contributed by atoms with E-state index in [2.05, 4.69) is 16.0 Å². The molecule has 0 saturated heterocycles. The third-order valence-corrected chi connectivity index (χ3v) is 4.07. The van der Waals surface area contributed by atoms with E-state index in [0.29, 0.717) is 12.6 Å². The summed E-state index contributed by atoms with van der Waals surface area (Å²) in [6.45, 7) is 10.1. The second-order valence-corrected chi connectivity index (χ2v) is 8.05. The van der Waals surface area contributed by atoms with Gasteiger partial charge in [0.15, 0.2) is 0 Å². The molecule has 6 nitrogen and oxygen atoms in total. The van der Waals surface area contributed by atoms with E-state index in [1.54, 1.807) is 7.05 Å². The molecule has 0 heterocycles. The van der Waals surface area contributed by atoms with Crippen molar-refractivity contribution in [2.75, 3.05) is 13.6 Å². The van der Waals surface area contributed by atoms with Crippen molar-refractivity contribution >= 4 is 12.0 Å². The fourth-order valence-corrected chi connectivity index (χ4v) is 2.80. The molecule has 0 aliphatic heterocycles. The van der Waals surface area contributed by atoms with E-state index >= 15 is 0 Å². The van der Waals surface area contributed by atoms with Crippen molar-refractivity contribution in [3.8, 4) is 0 Å². The summed E-state index contributed by atoms with van der Waals surface area (Å²) in [4.78, 5) is 23.7. The summed E-state index contributed by atoms with van der Waals surface area (Å²) in [7, 11) is 1.66. The summed E-state index contributed by atoms with van der Waals surface area (Å²) < 4.78 is 5.31. The Labute approximate surface area is 140 Å². The molecule has 1 aliphatic rings. The van der Waals surface area contributed by atoms with Crippen molar-refractivity contribution in [3.63, 3.8) is 0 Å². The predicted octanol–water partition coefficient (Wildman–Crippen LogP) is 2.18. The fraction of sp³-hybridized carbons (Fsp3) is 0.882. The Kier molecular flexibility index (Phi) is 6.86. The number of carbonyl (C=O) groups is 2. The Bertz CT molecular complexity index is 416. The quantitative estimate of drug-likeness (QED) is 0.723. The second kappa shape index (κ2) is 7.99. The average Bonchev–Trinajstić information content (AvgIpc) is 2.42. The highest BCUT2D eigenvalue weighted by Gasteiger charge is 2.30. The van der Waals surface area contributed by atoms with E-state index in [4.69, 9.17) is 4.74 Å². The lowest BCUT2D eigenvalue weighted by Crippen LogP contribution is -2.49. The summed E-state index contributed by atoms with van der Waals surface area (Å²) in [6.07, 6.45) is 3.60. The SMILES string of the molecule is CNC(=O)C(C)(C)CNC1CCCC(NC(=O)OC(C)(C)C)C1. The minimum Gasteiger partial charge on any atom is -0.444 e. The van der Waals surface area contributed by atoms with E-state index in [0.717, 1.165) is 25.7 Å². The van der Waals surface area contributed by atoms with Crippen LogP contribution in [0.5, 0.6) is 0 Å². The zero-order valence-electron chi connectivity index (χ0n) is 15.4. The van der Waals surface area contributed by atoms with E-state index in [-0.39, 0.29) is 18.0 Å². The van der Waals surface area contributed by atoms with Crippen LogP contribution in [0.3, 0.4) is 0 Å². The highest BCUT2D eigenvalue weighted by atomic mass is 16.6. The summed E-state index contributed by atoms with van der Waals surface area (Å²) >= 11 is 0. The molecule has 0 aromatic carbocycles. The maximum Gasteiger partial charge on any atom is 0.407 e. The van der Waals surface area contributed by atoms with Gasteiger partial charge in [0.05, 0.1) is 5.41 Å². The van der Waals surface area contributed by atoms with Gasteiger partial charge >= 0.3 is 6.09 Å². The van der Waals surface area contributed by atoms with E-state index < -0.39 is 11.0 Å². The molecular weight excluding hydrogens is 294 g/mol. The van der Waals surface area contributed by atoms with Crippen molar-refractivity contribution in [2.45, 2.75) is 78.0 Å². The molecule has 1 fully saturated rings. The van der Waals surface area contributed by atoms with Crippen LogP contribution in [-0.4, -0.2) is 43.3 Å². The first-order valence-corrected chi connectivity index (χ1v) is 8.48. The summed E-state index contributed by atoms with van der Waals surface area (Å²) in [5.41, 5.74) is -0.922. The zero-order chi connectivity index (χ0) is 17.7. The van der Waals surface area contributed by atoms with Crippen LogP contribution in [0.1, 0.15) is 60.3 Å². The molecule has 0 radical (unpaired) electrons. The van der Waals surface area contributed by atoms with Crippen molar-refractivity contribution < 1.29 is 14.3 Å². The average molecular weight is 327 g/mol. The van der Waals surface area contributed by atoms with Gasteiger partial charge in [0.1, 0.15) is 5.60 Å². The number of ether oxygens (including phenoxy) is 1. The van der Waals surface area contributed by atoms with Crippen LogP contribution in [0.4, 0.5) is 4.79 Å². The summed E-state index contributed by atoms with van der Waals surface area (Å²) in [5, 5.41) is 9.13. The fourth-order valence-electron chi connectivity index (χ4n) is 2.80. The number of hydrogen-bond acceptors (Lipinski definition) is 4. The molecule has 0 bridgehead atoms. The summed E-state index contributed by atoms with van der Waals surface area (Å²) in [5.74, 6) is 0.0317. The topological polar surface area (TPSA) is 79.5 Å². The molecule has 1 aliphatic carbocycles. The van der Waals surface area contributed by atoms with Crippen LogP contribution in [0.2, 0.25) is 0 Å². The van der Waals surface area contributed by atoms with E-state index in [1.807, 2.05) is 34.6 Å². The molecule has 6 heteroatoms. The molecule has 2 atom stereocenters. The summed E-state index contributed by atoms with van der Waals surface area (Å²) in [6, 6.07) is 0.437. The lowest BCUT2D eigenvalue weighted by molar-refractivity contribution is -0.128. The molecular formula is C17H33N3O3. The van der Waals surface area contributed by atoms with Crippen LogP contribution in [-0.2, 0) is 9.53 Å². The van der Waals surface area contributed by atoms with E-state index in [9.17, 15) is 9.59 Å². The first-order valence-electron chi connectivity index (χ1n) is 8.48. The van der Waals surface area contributed by atoms with Crippen LogP contribution < -0.4 is 16.0 Å². The minimum absolute atomic E-state index is 0.0317. The van der Waals surface area contributed by atoms with Crippen LogP contribution >= 0.6 is 0 Å². The normalized spacial score (nSPS) is 22.3. The van der Waals surface area contributed by atoms with Gasteiger partial charge in [-0.15, -0.1) is 0 Å². The van der Waals surface area contributed by atoms with Crippen molar-refractivity contribution in [2.24, 2.45) is 5.41 Å². The van der Waals surface area contributed by atoms with Gasteiger partial charge in [-0.05, 0) is 60.3 Å². The Hall–Kier alpha value is -1.30. The van der Waals surface area contributed by atoms with Gasteiger partial charge in [0, 0.05) is 25.7 Å². The Balaban J connectivity index is 2.43. The number of carbonyl (C=O) groups excluding carboxylic acids is 2. The van der Waals surface area contributed by atoms with Crippen LogP contribution in [0.25, 0.3) is 0 Å². The van der Waals surface area contributed by atoms with Gasteiger partial charge in [0.2, 0.25) is 5.91 Å². The number of alkyl carbamates (subject to hydrolysis) is 1. The first-order chi connectivity index (χ1) is 10.5. The number of nitrogens with one attached hydrogen (secondary N) is 3. The Morgan fingerprint density at radius 2 is 1.70 bits per heavy atom. The van der Waals surface area contributed by atoms with Gasteiger partial charge in [-0.25, -0.2) is 4.79 Å². The monoisotopic (exact) mass is 327 g/mol. The van der Waals surface area contributed by atoms with Crippen molar-refractivity contribution in [1.29, 1.82) is 0 Å². The van der Waals surface area contributed by atoms with Crippen LogP contribution in [0, 0.1) is 5.41 Å². The standard InChI is InChI=1S/C17H33N3O3/c1-16(2,3)23-15(22)20-13-9-7-8-12(10-13)19-11-17(4,5)14(21)18-6/h12-13,19H,7-11H2,1-6H3,(H,18,21)(H,20,22). The number of amides is 2. The first kappa shape index (κ1) is 19.7. The highest BCUT2D eigenvalue weighted by Crippen LogP contribution is 2.21. The molecule has 2 amide bonds. The van der Waals surface area contributed by atoms with Gasteiger partial charge in [-0.2, -0.15) is 0 Å². The Morgan fingerprint density at radius 1 is 1.09 bits per heavy atom. The number of rotatable bonds is 5. The highest BCUT2D eigenvalue weighted by molar-refractivity contribution is 5.81. The molecule has 0 aromatic heterocycles. The molecule has 23 heavy (non-hydrogen) atoms. The lowest BCUT2D eigenvalue weighted by atomic mass is 9.88. The van der Waals surface area contributed by atoms with Crippen molar-refractivity contribution in [1.82, 2.24) is 16.0 Å². The smallest absolute Gasteiger partial charge is 0.407 e. The molecule has 1 saturated carbocycles. The second-order valence-electron chi connectivity index (χ2n) is 8.05. The molecule has 134 valence electrons. The zero-order valence-corrected chi connectivity index (χ0v) is 15.4. The maximum absolute atomic E-state index is 11.9. The molecule has 0 aromatic rings. The lowest BCUT2D eigenvalue weighted by Gasteiger charge is -2.33. The van der Waals surface area contributed by atoms with Gasteiger partial charge in [-0.3, -0.25) is 4.79 Å². The Morgan fingerprint density at radius 3 is 2.26 bits per heavy atom. The van der Waals surface area contributed by atoms with Crippen molar-refractivity contribution in [3.05, 3.63) is 0 Å². The minimum atomic E-state index is -0.478. The third kappa shape index (κ3) is 7.20. The number of hydrogen-bond donors (Lipinski definition) is 3. The van der Waals surface area contributed by atoms with Gasteiger partial charge in [0.25, 0.3) is 0 Å². The third-order valence-electron chi connectivity index (χ3n) is 4.07. The molecule has 2 unspecified atom stereocenters. The molecule has 0 spiro atoms. The maximum atomic E-state index is 11.9. The van der Waals surface area contributed by atoms with Crippen LogP contribution in [0.15, 0.2) is 0 Å². The molecule has 1 rings (SSSR count). The predicted molar refractivity (Wildman–Crippen MR) is 91.3 cm³/mol. The molecule has 3 N–H and O–H groups in total.